The van der Waals surface area contributed by atoms with Gasteiger partial charge in [0, 0.05) is 4.88 Å². The zero-order chi connectivity index (χ0) is 15.4. The van der Waals surface area contributed by atoms with Crippen LogP contribution in [-0.2, 0) is 11.2 Å². The molecule has 2 aromatic heterocycles. The van der Waals surface area contributed by atoms with Gasteiger partial charge in [-0.1, -0.05) is 6.92 Å². The molecule has 2 aromatic rings. The molecule has 112 valence electrons. The second-order valence-corrected chi connectivity index (χ2v) is 6.24. The van der Waals surface area contributed by atoms with Crippen molar-refractivity contribution in [1.82, 2.24) is 4.98 Å². The topological polar surface area (TPSA) is 68.3 Å². The summed E-state index contributed by atoms with van der Waals surface area (Å²) in [6.45, 7) is 5.84. The number of rotatable bonds is 5. The molecule has 0 atom stereocenters. The fourth-order valence-electron chi connectivity index (χ4n) is 1.75. The fraction of sp³-hybridized carbons (Fsp3) is 0.357. The highest BCUT2D eigenvalue weighted by molar-refractivity contribution is 7.17. The van der Waals surface area contributed by atoms with Crippen LogP contribution in [0.2, 0.25) is 0 Å². The van der Waals surface area contributed by atoms with Crippen molar-refractivity contribution in [2.45, 2.75) is 27.2 Å². The Morgan fingerprint density at radius 2 is 2.14 bits per heavy atom. The van der Waals surface area contributed by atoms with Gasteiger partial charge in [0.05, 0.1) is 23.4 Å². The Morgan fingerprint density at radius 1 is 1.38 bits per heavy atom. The number of carbonyl (C=O) groups is 2. The van der Waals surface area contributed by atoms with Gasteiger partial charge in [0.15, 0.2) is 0 Å². The van der Waals surface area contributed by atoms with Gasteiger partial charge in [-0.2, -0.15) is 0 Å². The van der Waals surface area contributed by atoms with Crippen molar-refractivity contribution >= 4 is 39.6 Å². The number of nitrogens with one attached hydrogen (secondary N) is 1. The minimum atomic E-state index is -0.412. The Morgan fingerprint density at radius 3 is 2.71 bits per heavy atom. The standard InChI is InChI=1S/C14H16N2O3S2/c1-4-9-6-10(14(18)19-5-2)13(21-9)16-12(17)11-8(3)15-7-20-11/h6-7H,4-5H2,1-3H3,(H,16,17). The van der Waals surface area contributed by atoms with Gasteiger partial charge in [0.25, 0.3) is 5.91 Å². The smallest absolute Gasteiger partial charge is 0.341 e. The highest BCUT2D eigenvalue weighted by Gasteiger charge is 2.20. The Kier molecular flexibility index (Phi) is 5.08. The summed E-state index contributed by atoms with van der Waals surface area (Å²) in [6, 6.07) is 1.78. The number of esters is 1. The van der Waals surface area contributed by atoms with Gasteiger partial charge in [0.2, 0.25) is 0 Å². The number of thiazole rings is 1. The summed E-state index contributed by atoms with van der Waals surface area (Å²) in [5.74, 6) is -0.658. The molecule has 1 N–H and O–H groups in total. The van der Waals surface area contributed by atoms with E-state index < -0.39 is 5.97 Å². The molecule has 0 bridgehead atoms. The van der Waals surface area contributed by atoms with Gasteiger partial charge in [-0.25, -0.2) is 9.78 Å². The van der Waals surface area contributed by atoms with Crippen LogP contribution in [0.3, 0.4) is 0 Å². The van der Waals surface area contributed by atoms with Crippen molar-refractivity contribution in [1.29, 1.82) is 0 Å². The monoisotopic (exact) mass is 324 g/mol. The number of carbonyl (C=O) groups excluding carboxylic acids is 2. The quantitative estimate of drug-likeness (QED) is 0.855. The first kappa shape index (κ1) is 15.7. The van der Waals surface area contributed by atoms with Gasteiger partial charge >= 0.3 is 5.97 Å². The van der Waals surface area contributed by atoms with E-state index in [9.17, 15) is 9.59 Å². The first-order chi connectivity index (χ1) is 10.1. The van der Waals surface area contributed by atoms with Gasteiger partial charge < -0.3 is 10.1 Å². The van der Waals surface area contributed by atoms with E-state index in [1.54, 1.807) is 25.4 Å². The van der Waals surface area contributed by atoms with Crippen LogP contribution in [0.4, 0.5) is 5.00 Å². The van der Waals surface area contributed by atoms with E-state index in [0.29, 0.717) is 27.7 Å². The molecule has 21 heavy (non-hydrogen) atoms. The SMILES string of the molecule is CCOC(=O)c1cc(CC)sc1NC(=O)c1scnc1C. The summed E-state index contributed by atoms with van der Waals surface area (Å²) in [5, 5.41) is 3.33. The molecule has 0 fully saturated rings. The molecular formula is C14H16N2O3S2. The first-order valence-electron chi connectivity index (χ1n) is 6.58. The molecule has 0 aliphatic heterocycles. The molecule has 0 spiro atoms. The van der Waals surface area contributed by atoms with E-state index in [-0.39, 0.29) is 5.91 Å². The van der Waals surface area contributed by atoms with Crippen LogP contribution in [0.5, 0.6) is 0 Å². The van der Waals surface area contributed by atoms with Crippen LogP contribution in [0.25, 0.3) is 0 Å². The lowest BCUT2D eigenvalue weighted by atomic mass is 10.2. The number of thiophene rings is 1. The number of hydrogen-bond acceptors (Lipinski definition) is 6. The molecule has 0 aliphatic rings. The molecule has 7 heteroatoms. The van der Waals surface area contributed by atoms with E-state index in [1.807, 2.05) is 6.92 Å². The summed E-state index contributed by atoms with van der Waals surface area (Å²) >= 11 is 2.68. The van der Waals surface area contributed by atoms with Crippen molar-refractivity contribution < 1.29 is 14.3 Å². The Balaban J connectivity index is 2.26. The van der Waals surface area contributed by atoms with Gasteiger partial charge in [-0.05, 0) is 26.3 Å². The first-order valence-corrected chi connectivity index (χ1v) is 8.27. The normalized spacial score (nSPS) is 10.4. The zero-order valence-corrected chi connectivity index (χ0v) is 13.7. The molecule has 2 rings (SSSR count). The van der Waals surface area contributed by atoms with Crippen LogP contribution >= 0.6 is 22.7 Å². The lowest BCUT2D eigenvalue weighted by molar-refractivity contribution is 0.0528. The van der Waals surface area contributed by atoms with Crippen molar-refractivity contribution in [2.24, 2.45) is 0 Å². The lowest BCUT2D eigenvalue weighted by Gasteiger charge is -2.05. The zero-order valence-electron chi connectivity index (χ0n) is 12.1. The third kappa shape index (κ3) is 3.48. The van der Waals surface area contributed by atoms with E-state index in [1.165, 1.54) is 22.7 Å². The van der Waals surface area contributed by atoms with Crippen molar-refractivity contribution in [3.05, 3.63) is 32.6 Å². The number of nitrogens with zero attached hydrogens (tertiary/aromatic N) is 1. The molecule has 0 unspecified atom stereocenters. The van der Waals surface area contributed by atoms with E-state index in [0.717, 1.165) is 11.3 Å². The largest absolute Gasteiger partial charge is 0.462 e. The molecule has 0 radical (unpaired) electrons. The molecule has 1 amide bonds. The number of aromatic nitrogens is 1. The minimum absolute atomic E-state index is 0.245. The van der Waals surface area contributed by atoms with E-state index >= 15 is 0 Å². The molecular weight excluding hydrogens is 308 g/mol. The highest BCUT2D eigenvalue weighted by atomic mass is 32.1. The summed E-state index contributed by atoms with van der Waals surface area (Å²) in [5.41, 5.74) is 2.72. The second-order valence-electron chi connectivity index (χ2n) is 4.25. The lowest BCUT2D eigenvalue weighted by Crippen LogP contribution is -2.14. The minimum Gasteiger partial charge on any atom is -0.462 e. The average molecular weight is 324 g/mol. The van der Waals surface area contributed by atoms with Crippen molar-refractivity contribution in [3.8, 4) is 0 Å². The summed E-state index contributed by atoms with van der Waals surface area (Å²) in [6.07, 6.45) is 0.798. The maximum atomic E-state index is 12.2. The predicted octanol–water partition coefficient (Wildman–Crippen LogP) is 3.50. The summed E-state index contributed by atoms with van der Waals surface area (Å²) < 4.78 is 5.03. The third-order valence-electron chi connectivity index (χ3n) is 2.81. The number of ether oxygens (including phenoxy) is 1. The van der Waals surface area contributed by atoms with Crippen LogP contribution < -0.4 is 5.32 Å². The van der Waals surface area contributed by atoms with Crippen LogP contribution in [-0.4, -0.2) is 23.5 Å². The van der Waals surface area contributed by atoms with Crippen LogP contribution in [0, 0.1) is 6.92 Å². The predicted molar refractivity (Wildman–Crippen MR) is 84.5 cm³/mol. The van der Waals surface area contributed by atoms with Crippen molar-refractivity contribution in [2.75, 3.05) is 11.9 Å². The summed E-state index contributed by atoms with van der Waals surface area (Å²) in [4.78, 5) is 29.8. The number of hydrogen-bond donors (Lipinski definition) is 1. The van der Waals surface area contributed by atoms with Crippen LogP contribution in [0.1, 0.15) is 44.4 Å². The molecule has 0 aliphatic carbocycles. The maximum Gasteiger partial charge on any atom is 0.341 e. The maximum absolute atomic E-state index is 12.2. The third-order valence-corrected chi connectivity index (χ3v) is 4.93. The van der Waals surface area contributed by atoms with Crippen molar-refractivity contribution in [3.63, 3.8) is 0 Å². The fourth-order valence-corrected chi connectivity index (χ4v) is 3.43. The number of anilines is 1. The van der Waals surface area contributed by atoms with E-state index in [2.05, 4.69) is 10.3 Å². The van der Waals surface area contributed by atoms with Gasteiger partial charge in [-0.15, -0.1) is 22.7 Å². The molecule has 0 aromatic carbocycles. The van der Waals surface area contributed by atoms with Gasteiger partial charge in [-0.3, -0.25) is 4.79 Å². The summed E-state index contributed by atoms with van der Waals surface area (Å²) in [7, 11) is 0. The average Bonchev–Trinajstić information content (AvgIpc) is 3.05. The molecule has 0 saturated heterocycles. The Hall–Kier alpha value is -1.73. The Labute approximate surface area is 131 Å². The van der Waals surface area contributed by atoms with Gasteiger partial charge in [0.1, 0.15) is 9.88 Å². The van der Waals surface area contributed by atoms with Crippen LogP contribution in [0.15, 0.2) is 11.6 Å². The molecule has 2 heterocycles. The molecule has 5 nitrogen and oxygen atoms in total. The Bertz CT molecular complexity index is 661. The molecule has 0 saturated carbocycles. The highest BCUT2D eigenvalue weighted by Crippen LogP contribution is 2.30. The second kappa shape index (κ2) is 6.82. The number of aryl methyl sites for hydroxylation is 2. The van der Waals surface area contributed by atoms with E-state index in [4.69, 9.17) is 4.74 Å². The number of amides is 1.